The minimum atomic E-state index is -0.747. The minimum Gasteiger partial charge on any atom is -0.493 e. The van der Waals surface area contributed by atoms with Crippen LogP contribution in [0, 0.1) is 0 Å². The molecule has 0 amide bonds. The van der Waals surface area contributed by atoms with Gasteiger partial charge < -0.3 is 23.7 Å². The summed E-state index contributed by atoms with van der Waals surface area (Å²) in [5, 5.41) is 0. The third-order valence-corrected chi connectivity index (χ3v) is 2.62. The number of hydrogen-bond acceptors (Lipinski definition) is 7. The van der Waals surface area contributed by atoms with Gasteiger partial charge in [-0.05, 0) is 6.07 Å². The predicted molar refractivity (Wildman–Crippen MR) is 68.8 cm³/mol. The molecule has 7 nitrogen and oxygen atoms in total. The Balaban J connectivity index is 3.73. The van der Waals surface area contributed by atoms with E-state index < -0.39 is 11.9 Å². The molecule has 0 aromatic heterocycles. The van der Waals surface area contributed by atoms with Crippen molar-refractivity contribution in [2.45, 2.75) is 0 Å². The molecule has 0 spiro atoms. The lowest BCUT2D eigenvalue weighted by molar-refractivity contribution is 0.0551. The van der Waals surface area contributed by atoms with Crippen LogP contribution in [0.1, 0.15) is 20.7 Å². The Morgan fingerprint density at radius 1 is 0.800 bits per heavy atom. The molecule has 20 heavy (non-hydrogen) atoms. The van der Waals surface area contributed by atoms with E-state index in [4.69, 9.17) is 14.2 Å². The molecule has 1 aromatic rings. The Morgan fingerprint density at radius 3 is 1.75 bits per heavy atom. The predicted octanol–water partition coefficient (Wildman–Crippen LogP) is 1.29. The first-order valence-corrected chi connectivity index (χ1v) is 5.55. The lowest BCUT2D eigenvalue weighted by atomic mass is 10.0. The molecule has 110 valence electrons. The second-order valence-electron chi connectivity index (χ2n) is 3.55. The van der Waals surface area contributed by atoms with Crippen LogP contribution in [0.2, 0.25) is 0 Å². The first-order valence-electron chi connectivity index (χ1n) is 5.55. The second kappa shape index (κ2) is 6.65. The standard InChI is InChI=1S/C13H16O7/c1-16-8-6-7(12(14)19-4)9(13(15)20-5)11(18-3)10(8)17-2/h6H,1-5H3. The van der Waals surface area contributed by atoms with Crippen LogP contribution >= 0.6 is 0 Å². The van der Waals surface area contributed by atoms with Crippen molar-refractivity contribution in [3.63, 3.8) is 0 Å². The van der Waals surface area contributed by atoms with Gasteiger partial charge in [-0.1, -0.05) is 0 Å². The van der Waals surface area contributed by atoms with Gasteiger partial charge >= 0.3 is 11.9 Å². The molecule has 0 bridgehead atoms. The van der Waals surface area contributed by atoms with Crippen molar-refractivity contribution in [1.82, 2.24) is 0 Å². The van der Waals surface area contributed by atoms with Gasteiger partial charge in [0, 0.05) is 0 Å². The van der Waals surface area contributed by atoms with Gasteiger partial charge in [-0.25, -0.2) is 9.59 Å². The van der Waals surface area contributed by atoms with Crippen LogP contribution in [0.3, 0.4) is 0 Å². The Labute approximate surface area is 116 Å². The van der Waals surface area contributed by atoms with Crippen molar-refractivity contribution in [2.75, 3.05) is 35.5 Å². The lowest BCUT2D eigenvalue weighted by Crippen LogP contribution is -2.14. The summed E-state index contributed by atoms with van der Waals surface area (Å²) in [6.07, 6.45) is 0. The van der Waals surface area contributed by atoms with Gasteiger partial charge in [-0.15, -0.1) is 0 Å². The van der Waals surface area contributed by atoms with E-state index in [1.807, 2.05) is 0 Å². The Hall–Kier alpha value is -2.44. The number of rotatable bonds is 5. The fourth-order valence-corrected chi connectivity index (χ4v) is 1.73. The number of esters is 2. The maximum atomic E-state index is 11.9. The van der Waals surface area contributed by atoms with Gasteiger partial charge in [-0.2, -0.15) is 0 Å². The fourth-order valence-electron chi connectivity index (χ4n) is 1.73. The first-order chi connectivity index (χ1) is 9.55. The summed E-state index contributed by atoms with van der Waals surface area (Å²) in [5.41, 5.74) is -0.117. The van der Waals surface area contributed by atoms with Gasteiger partial charge in [0.2, 0.25) is 5.75 Å². The molecule has 0 aliphatic carbocycles. The smallest absolute Gasteiger partial charge is 0.342 e. The van der Waals surface area contributed by atoms with E-state index in [-0.39, 0.29) is 28.4 Å². The van der Waals surface area contributed by atoms with Crippen molar-refractivity contribution in [3.8, 4) is 17.2 Å². The third-order valence-electron chi connectivity index (χ3n) is 2.62. The number of hydrogen-bond donors (Lipinski definition) is 0. The average molecular weight is 284 g/mol. The summed E-state index contributed by atoms with van der Waals surface area (Å²) < 4.78 is 24.7. The van der Waals surface area contributed by atoms with E-state index in [0.29, 0.717) is 0 Å². The van der Waals surface area contributed by atoms with Crippen LogP contribution in [0.15, 0.2) is 6.07 Å². The maximum Gasteiger partial charge on any atom is 0.342 e. The SMILES string of the molecule is COC(=O)c1cc(OC)c(OC)c(OC)c1C(=O)OC. The molecule has 1 aromatic carbocycles. The van der Waals surface area contributed by atoms with Gasteiger partial charge in [0.05, 0.1) is 41.1 Å². The summed E-state index contributed by atoms with van der Waals surface area (Å²) in [6.45, 7) is 0. The van der Waals surface area contributed by atoms with Crippen molar-refractivity contribution < 1.29 is 33.3 Å². The molecule has 1 rings (SSSR count). The summed E-state index contributed by atoms with van der Waals surface area (Å²) in [7, 11) is 6.52. The van der Waals surface area contributed by atoms with Crippen molar-refractivity contribution >= 4 is 11.9 Å². The Morgan fingerprint density at radius 2 is 1.35 bits per heavy atom. The van der Waals surface area contributed by atoms with Crippen molar-refractivity contribution in [2.24, 2.45) is 0 Å². The normalized spacial score (nSPS) is 9.65. The molecule has 0 radical (unpaired) electrons. The van der Waals surface area contributed by atoms with Gasteiger partial charge in [0.15, 0.2) is 11.5 Å². The molecule has 0 saturated carbocycles. The highest BCUT2D eigenvalue weighted by atomic mass is 16.5. The zero-order valence-electron chi connectivity index (χ0n) is 11.9. The number of ether oxygens (including phenoxy) is 5. The fraction of sp³-hybridized carbons (Fsp3) is 0.385. The average Bonchev–Trinajstić information content (AvgIpc) is 2.50. The van der Waals surface area contributed by atoms with Gasteiger partial charge in [0.25, 0.3) is 0 Å². The molecule has 0 atom stereocenters. The summed E-state index contributed by atoms with van der Waals surface area (Å²) >= 11 is 0. The van der Waals surface area contributed by atoms with E-state index in [1.165, 1.54) is 41.6 Å². The van der Waals surface area contributed by atoms with Crippen LogP contribution in [0.4, 0.5) is 0 Å². The number of methoxy groups -OCH3 is 5. The van der Waals surface area contributed by atoms with E-state index in [0.717, 1.165) is 0 Å². The zero-order valence-corrected chi connectivity index (χ0v) is 11.9. The largest absolute Gasteiger partial charge is 0.493 e. The summed E-state index contributed by atoms with van der Waals surface area (Å²) in [6, 6.07) is 1.33. The van der Waals surface area contributed by atoms with Crippen LogP contribution in [0.25, 0.3) is 0 Å². The molecule has 0 unspecified atom stereocenters. The van der Waals surface area contributed by atoms with Crippen molar-refractivity contribution in [1.29, 1.82) is 0 Å². The highest BCUT2D eigenvalue weighted by molar-refractivity contribution is 6.06. The molecule has 0 aliphatic heterocycles. The first kappa shape index (κ1) is 15.6. The van der Waals surface area contributed by atoms with E-state index in [1.54, 1.807) is 0 Å². The van der Waals surface area contributed by atoms with Gasteiger partial charge in [0.1, 0.15) is 5.56 Å². The topological polar surface area (TPSA) is 80.3 Å². The Kier molecular flexibility index (Phi) is 5.19. The van der Waals surface area contributed by atoms with E-state index in [2.05, 4.69) is 9.47 Å². The molecule has 7 heteroatoms. The molecule has 0 aliphatic rings. The monoisotopic (exact) mass is 284 g/mol. The highest BCUT2D eigenvalue weighted by Crippen LogP contribution is 2.42. The third kappa shape index (κ3) is 2.61. The summed E-state index contributed by atoms with van der Waals surface area (Å²) in [4.78, 5) is 23.7. The van der Waals surface area contributed by atoms with Crippen molar-refractivity contribution in [3.05, 3.63) is 17.2 Å². The van der Waals surface area contributed by atoms with Crippen LogP contribution < -0.4 is 14.2 Å². The molecule has 0 heterocycles. The van der Waals surface area contributed by atoms with Crippen LogP contribution in [-0.2, 0) is 9.47 Å². The van der Waals surface area contributed by atoms with E-state index in [9.17, 15) is 9.59 Å². The summed E-state index contributed by atoms with van der Waals surface area (Å²) in [5.74, 6) is -1.01. The molecule has 0 fully saturated rings. The minimum absolute atomic E-state index is 0.0335. The van der Waals surface area contributed by atoms with Gasteiger partial charge in [-0.3, -0.25) is 0 Å². The maximum absolute atomic E-state index is 11.9. The number of benzene rings is 1. The molecule has 0 N–H and O–H groups in total. The van der Waals surface area contributed by atoms with Crippen LogP contribution in [0.5, 0.6) is 17.2 Å². The lowest BCUT2D eigenvalue weighted by Gasteiger charge is -2.17. The molecule has 0 saturated heterocycles. The number of carbonyl (C=O) groups excluding carboxylic acids is 2. The second-order valence-corrected chi connectivity index (χ2v) is 3.55. The van der Waals surface area contributed by atoms with E-state index >= 15 is 0 Å². The number of carbonyl (C=O) groups is 2. The molecular formula is C13H16O7. The quantitative estimate of drug-likeness (QED) is 0.753. The van der Waals surface area contributed by atoms with Crippen LogP contribution in [-0.4, -0.2) is 47.5 Å². The molecular weight excluding hydrogens is 268 g/mol. The highest BCUT2D eigenvalue weighted by Gasteiger charge is 2.29. The zero-order chi connectivity index (χ0) is 15.3. The Bertz CT molecular complexity index is 522.